The monoisotopic (exact) mass is 381 g/mol. The zero-order valence-electron chi connectivity index (χ0n) is 17.1. The molecule has 2 nitrogen and oxygen atoms in total. The number of carbonyl (C=O) groups is 1. The molecule has 0 fully saturated rings. The first-order valence-electron chi connectivity index (χ1n) is 9.84. The quantitative estimate of drug-likeness (QED) is 0.393. The van der Waals surface area contributed by atoms with E-state index in [2.05, 4.69) is 78.8 Å². The van der Waals surface area contributed by atoms with Gasteiger partial charge in [-0.1, -0.05) is 43.4 Å². The zero-order valence-corrected chi connectivity index (χ0v) is 18.3. The van der Waals surface area contributed by atoms with Gasteiger partial charge in [-0.15, -0.1) is 9.24 Å². The summed E-state index contributed by atoms with van der Waals surface area (Å²) >= 11 is 0. The second kappa shape index (κ2) is 9.85. The van der Waals surface area contributed by atoms with Gasteiger partial charge in [0.05, 0.1) is 0 Å². The number of Topliss-reactive ketones (excluding diaryl/α,β-unsaturated/α-hetero) is 1. The highest BCUT2D eigenvalue weighted by Gasteiger charge is 2.27. The summed E-state index contributed by atoms with van der Waals surface area (Å²) in [5.41, 5.74) is 6.33. The fourth-order valence-corrected chi connectivity index (χ4v) is 4.14. The maximum atomic E-state index is 13.1. The van der Waals surface area contributed by atoms with E-state index < -0.39 is 0 Å². The summed E-state index contributed by atoms with van der Waals surface area (Å²) in [6.07, 6.45) is 16.4. The van der Waals surface area contributed by atoms with E-state index in [0.717, 1.165) is 65.5 Å². The van der Waals surface area contributed by atoms with Crippen molar-refractivity contribution in [3.8, 4) is 0 Å². The number of ketones is 1. The molecule has 0 saturated heterocycles. The van der Waals surface area contributed by atoms with Crippen molar-refractivity contribution < 1.29 is 4.79 Å². The molecule has 2 aliphatic carbocycles. The summed E-state index contributed by atoms with van der Waals surface area (Å²) in [4.78, 5) is 15.5. The molecule has 0 bridgehead atoms. The van der Waals surface area contributed by atoms with Crippen molar-refractivity contribution in [2.75, 3.05) is 6.54 Å². The molecule has 2 aliphatic rings. The van der Waals surface area contributed by atoms with Crippen LogP contribution in [0.1, 0.15) is 53.4 Å². The van der Waals surface area contributed by atoms with Crippen LogP contribution in [0.4, 0.5) is 0 Å². The van der Waals surface area contributed by atoms with Gasteiger partial charge < -0.3 is 4.90 Å². The lowest BCUT2D eigenvalue weighted by molar-refractivity contribution is -0.112. The standard InChI is InChI=1S/C24H32NOP/c1-6-17(5)23-18(16-22(27)21(8-3)24(23)26)15-19(7-2)25(9-4)20-13-11-10-12-14-20/h7-8,10-11,13,15H,3,6,9,12,14,16,27H2,1-2,4-5H3/b18-15-,19-7+,23-17-. The van der Waals surface area contributed by atoms with Crippen molar-refractivity contribution in [2.24, 2.45) is 0 Å². The number of allylic oxidation sites excluding steroid dienone is 12. The Morgan fingerprint density at radius 1 is 1.37 bits per heavy atom. The average Bonchev–Trinajstić information content (AvgIpc) is 2.68. The van der Waals surface area contributed by atoms with Crippen molar-refractivity contribution in [1.29, 1.82) is 0 Å². The van der Waals surface area contributed by atoms with Crippen LogP contribution < -0.4 is 0 Å². The summed E-state index contributed by atoms with van der Waals surface area (Å²) in [7, 11) is 2.74. The average molecular weight is 382 g/mol. The van der Waals surface area contributed by atoms with E-state index in [1.807, 2.05) is 0 Å². The van der Waals surface area contributed by atoms with E-state index in [-0.39, 0.29) is 5.78 Å². The Balaban J connectivity index is 2.54. The molecule has 0 heterocycles. The fourth-order valence-electron chi connectivity index (χ4n) is 3.67. The van der Waals surface area contributed by atoms with Crippen LogP contribution in [0.5, 0.6) is 0 Å². The molecule has 0 aromatic carbocycles. The van der Waals surface area contributed by atoms with E-state index in [9.17, 15) is 4.79 Å². The van der Waals surface area contributed by atoms with E-state index in [4.69, 9.17) is 0 Å². The Morgan fingerprint density at radius 3 is 2.63 bits per heavy atom. The highest BCUT2D eigenvalue weighted by molar-refractivity contribution is 7.22. The highest BCUT2D eigenvalue weighted by Crippen LogP contribution is 2.38. The van der Waals surface area contributed by atoms with Crippen LogP contribution in [0.15, 0.2) is 82.0 Å². The van der Waals surface area contributed by atoms with Crippen molar-refractivity contribution in [3.05, 3.63) is 82.0 Å². The van der Waals surface area contributed by atoms with Crippen molar-refractivity contribution in [1.82, 2.24) is 4.90 Å². The summed E-state index contributed by atoms with van der Waals surface area (Å²) in [5.74, 6) is 0.102. The predicted molar refractivity (Wildman–Crippen MR) is 120 cm³/mol. The van der Waals surface area contributed by atoms with E-state index in [1.54, 1.807) is 6.08 Å². The summed E-state index contributed by atoms with van der Waals surface area (Å²) in [6, 6.07) is 0. The first-order valence-corrected chi connectivity index (χ1v) is 10.4. The van der Waals surface area contributed by atoms with Gasteiger partial charge in [0.1, 0.15) is 0 Å². The van der Waals surface area contributed by atoms with E-state index >= 15 is 0 Å². The lowest BCUT2D eigenvalue weighted by Gasteiger charge is -2.30. The minimum absolute atomic E-state index is 0.102. The SMILES string of the molecule is C=CC1=C(P)CC(=C/C(=C\C)N(CC)C2=CC=CCC2)/C(=C(\C)CC)C1=O. The van der Waals surface area contributed by atoms with Crippen LogP contribution >= 0.6 is 9.24 Å². The molecule has 27 heavy (non-hydrogen) atoms. The first-order chi connectivity index (χ1) is 13.0. The van der Waals surface area contributed by atoms with Gasteiger partial charge in [0.15, 0.2) is 5.78 Å². The Hall–Kier alpha value is -1.92. The normalized spacial score (nSPS) is 21.5. The lowest BCUT2D eigenvalue weighted by atomic mass is 9.84. The van der Waals surface area contributed by atoms with Gasteiger partial charge in [-0.3, -0.25) is 4.79 Å². The predicted octanol–water partition coefficient (Wildman–Crippen LogP) is 6.39. The number of hydrogen-bond acceptors (Lipinski definition) is 2. The van der Waals surface area contributed by atoms with Gasteiger partial charge in [0.2, 0.25) is 0 Å². The van der Waals surface area contributed by atoms with Crippen molar-refractivity contribution >= 4 is 15.0 Å². The lowest BCUT2D eigenvalue weighted by Crippen LogP contribution is -2.23. The van der Waals surface area contributed by atoms with E-state index in [1.165, 1.54) is 5.70 Å². The van der Waals surface area contributed by atoms with Gasteiger partial charge in [-0.05, 0) is 69.5 Å². The van der Waals surface area contributed by atoms with Crippen LogP contribution in [-0.4, -0.2) is 17.2 Å². The van der Waals surface area contributed by atoms with E-state index in [0.29, 0.717) is 0 Å². The third-order valence-corrected chi connectivity index (χ3v) is 5.78. The van der Waals surface area contributed by atoms with Crippen molar-refractivity contribution in [3.63, 3.8) is 0 Å². The van der Waals surface area contributed by atoms with Crippen LogP contribution in [0, 0.1) is 0 Å². The number of rotatable bonds is 6. The molecule has 1 unspecified atom stereocenters. The molecule has 0 spiro atoms. The topological polar surface area (TPSA) is 20.3 Å². The maximum absolute atomic E-state index is 13.1. The largest absolute Gasteiger partial charge is 0.346 e. The Kier molecular flexibility index (Phi) is 7.80. The molecule has 0 aliphatic heterocycles. The van der Waals surface area contributed by atoms with Gasteiger partial charge >= 0.3 is 0 Å². The van der Waals surface area contributed by atoms with Gasteiger partial charge in [0, 0.05) is 29.1 Å². The summed E-state index contributed by atoms with van der Waals surface area (Å²) < 4.78 is 0. The van der Waals surface area contributed by atoms with Gasteiger partial charge in [-0.2, -0.15) is 0 Å². The summed E-state index contributed by atoms with van der Waals surface area (Å²) in [5, 5.41) is 1.02. The summed E-state index contributed by atoms with van der Waals surface area (Å²) in [6.45, 7) is 13.2. The van der Waals surface area contributed by atoms with Crippen LogP contribution in [0.25, 0.3) is 0 Å². The molecule has 3 heteroatoms. The Bertz CT molecular complexity index is 802. The smallest absolute Gasteiger partial charge is 0.193 e. The molecule has 0 radical (unpaired) electrons. The molecule has 0 saturated carbocycles. The van der Waals surface area contributed by atoms with Crippen LogP contribution in [-0.2, 0) is 4.79 Å². The number of hydrogen-bond donors (Lipinski definition) is 0. The number of carbonyl (C=O) groups excluding carboxylic acids is 1. The number of likely N-dealkylation sites (N-methyl/N-ethyl adjacent to an activating group) is 1. The third-order valence-electron chi connectivity index (χ3n) is 5.27. The molecular weight excluding hydrogens is 349 g/mol. The minimum Gasteiger partial charge on any atom is -0.346 e. The van der Waals surface area contributed by atoms with Crippen LogP contribution in [0.2, 0.25) is 0 Å². The molecule has 0 aromatic rings. The Morgan fingerprint density at radius 2 is 2.11 bits per heavy atom. The molecule has 2 rings (SSSR count). The molecule has 0 N–H and O–H groups in total. The maximum Gasteiger partial charge on any atom is 0.193 e. The van der Waals surface area contributed by atoms with Crippen LogP contribution in [0.3, 0.4) is 0 Å². The molecule has 1 atom stereocenters. The van der Waals surface area contributed by atoms with Gasteiger partial charge in [-0.25, -0.2) is 0 Å². The second-order valence-electron chi connectivity index (χ2n) is 6.91. The first kappa shape index (κ1) is 21.4. The van der Waals surface area contributed by atoms with Gasteiger partial charge in [0.25, 0.3) is 0 Å². The highest BCUT2D eigenvalue weighted by atomic mass is 31.0. The number of nitrogens with zero attached hydrogens (tertiary/aromatic N) is 1. The fraction of sp³-hybridized carbons (Fsp3) is 0.375. The minimum atomic E-state index is 0.102. The second-order valence-corrected chi connectivity index (χ2v) is 7.61. The third kappa shape index (κ3) is 4.68. The molecular formula is C24H32NOP. The molecule has 144 valence electrons. The Labute approximate surface area is 167 Å². The molecule has 0 amide bonds. The molecule has 0 aromatic heterocycles. The van der Waals surface area contributed by atoms with Crippen molar-refractivity contribution in [2.45, 2.75) is 53.4 Å². The zero-order chi connectivity index (χ0) is 20.0.